The molecule has 0 atom stereocenters. The zero-order valence-electron chi connectivity index (χ0n) is 9.72. The monoisotopic (exact) mass is 198 g/mol. The lowest BCUT2D eigenvalue weighted by Crippen LogP contribution is -2.16. The van der Waals surface area contributed by atoms with Crippen LogP contribution < -0.4 is 5.32 Å². The highest BCUT2D eigenvalue weighted by Crippen LogP contribution is 2.00. The maximum Gasteiger partial charge on any atom is 0.241 e. The summed E-state index contributed by atoms with van der Waals surface area (Å²) in [7, 11) is 0. The highest BCUT2D eigenvalue weighted by Gasteiger charge is 2.00. The van der Waals surface area contributed by atoms with Crippen LogP contribution in [0.4, 0.5) is 0 Å². The first kappa shape index (κ1) is 13.5. The molecule has 0 spiro atoms. The molecule has 0 aliphatic rings. The van der Waals surface area contributed by atoms with E-state index in [4.69, 9.17) is 0 Å². The molecular formula is C12H24NO. The first-order valence-corrected chi connectivity index (χ1v) is 6.01. The molecule has 0 unspecified atom stereocenters. The van der Waals surface area contributed by atoms with E-state index in [1.807, 2.05) is 0 Å². The summed E-state index contributed by atoms with van der Waals surface area (Å²) < 4.78 is 0. The molecule has 0 N–H and O–H groups in total. The number of rotatable bonds is 9. The molecule has 0 saturated carbocycles. The van der Waals surface area contributed by atoms with Gasteiger partial charge < -0.3 is 0 Å². The van der Waals surface area contributed by atoms with E-state index >= 15 is 0 Å². The summed E-state index contributed by atoms with van der Waals surface area (Å²) in [6, 6.07) is 0. The number of carbonyl (C=O) groups is 1. The Kier molecular flexibility index (Phi) is 10.2. The summed E-state index contributed by atoms with van der Waals surface area (Å²) in [5, 5.41) is 4.03. The van der Waals surface area contributed by atoms with Gasteiger partial charge in [-0.15, -0.1) is 0 Å². The van der Waals surface area contributed by atoms with Gasteiger partial charge in [0.1, 0.15) is 0 Å². The molecule has 0 aromatic rings. The van der Waals surface area contributed by atoms with Gasteiger partial charge in [-0.1, -0.05) is 46.0 Å². The Balaban J connectivity index is 3.10. The third-order valence-corrected chi connectivity index (χ3v) is 2.29. The molecule has 14 heavy (non-hydrogen) atoms. The van der Waals surface area contributed by atoms with E-state index in [2.05, 4.69) is 19.2 Å². The quantitative estimate of drug-likeness (QED) is 0.523. The van der Waals surface area contributed by atoms with Gasteiger partial charge in [-0.2, -0.15) is 0 Å². The average Bonchev–Trinajstić information content (AvgIpc) is 2.18. The smallest absolute Gasteiger partial charge is 0.241 e. The van der Waals surface area contributed by atoms with E-state index in [9.17, 15) is 4.79 Å². The predicted octanol–water partition coefficient (Wildman–Crippen LogP) is 3.28. The number of carbonyl (C=O) groups excluding carboxylic acids is 1. The van der Waals surface area contributed by atoms with Gasteiger partial charge >= 0.3 is 0 Å². The van der Waals surface area contributed by atoms with E-state index in [0.29, 0.717) is 6.42 Å². The lowest BCUT2D eigenvalue weighted by atomic mass is 10.2. The van der Waals surface area contributed by atoms with E-state index in [-0.39, 0.29) is 5.91 Å². The van der Waals surface area contributed by atoms with Crippen molar-refractivity contribution in [3.05, 3.63) is 0 Å². The van der Waals surface area contributed by atoms with Gasteiger partial charge in [-0.3, -0.25) is 10.1 Å². The van der Waals surface area contributed by atoms with Gasteiger partial charge in [0.25, 0.3) is 0 Å². The lowest BCUT2D eigenvalue weighted by molar-refractivity contribution is -0.121. The summed E-state index contributed by atoms with van der Waals surface area (Å²) in [5.41, 5.74) is 0. The Hall–Kier alpha value is -0.530. The molecule has 0 aliphatic heterocycles. The predicted molar refractivity (Wildman–Crippen MR) is 60.3 cm³/mol. The van der Waals surface area contributed by atoms with Gasteiger partial charge in [-0.25, -0.2) is 0 Å². The van der Waals surface area contributed by atoms with Crippen LogP contribution in [0.25, 0.3) is 0 Å². The standard InChI is InChI=1S/C12H24NO/c1-3-5-7-9-11-13-12(14)10-8-6-4-2/h3-11H2,1-2H3. The van der Waals surface area contributed by atoms with Crippen LogP contribution >= 0.6 is 0 Å². The van der Waals surface area contributed by atoms with Crippen LogP contribution in [-0.2, 0) is 4.79 Å². The normalized spacial score (nSPS) is 10.1. The van der Waals surface area contributed by atoms with E-state index in [1.54, 1.807) is 0 Å². The van der Waals surface area contributed by atoms with Crippen molar-refractivity contribution < 1.29 is 4.79 Å². The van der Waals surface area contributed by atoms with Crippen molar-refractivity contribution in [1.82, 2.24) is 5.32 Å². The zero-order chi connectivity index (χ0) is 10.6. The molecule has 2 nitrogen and oxygen atoms in total. The van der Waals surface area contributed by atoms with Crippen LogP contribution in [0.2, 0.25) is 0 Å². The molecule has 0 aromatic carbocycles. The molecule has 0 fully saturated rings. The Labute approximate surface area is 88.5 Å². The molecule has 1 amide bonds. The molecule has 2 heteroatoms. The Morgan fingerprint density at radius 3 is 2.21 bits per heavy atom. The second-order valence-corrected chi connectivity index (χ2v) is 3.79. The van der Waals surface area contributed by atoms with Crippen LogP contribution in [0.5, 0.6) is 0 Å². The fourth-order valence-corrected chi connectivity index (χ4v) is 1.35. The molecule has 0 heterocycles. The number of amides is 1. The maximum atomic E-state index is 11.2. The second-order valence-electron chi connectivity index (χ2n) is 3.79. The Bertz CT molecular complexity index is 134. The van der Waals surface area contributed by atoms with Crippen LogP contribution in [-0.4, -0.2) is 12.5 Å². The van der Waals surface area contributed by atoms with E-state index < -0.39 is 0 Å². The highest BCUT2D eigenvalue weighted by atomic mass is 16.1. The fraction of sp³-hybridized carbons (Fsp3) is 0.917. The number of hydrogen-bond donors (Lipinski definition) is 0. The van der Waals surface area contributed by atoms with Gasteiger partial charge in [0, 0.05) is 13.0 Å². The molecule has 0 aliphatic carbocycles. The fourth-order valence-electron chi connectivity index (χ4n) is 1.35. The van der Waals surface area contributed by atoms with Crippen molar-refractivity contribution in [3.63, 3.8) is 0 Å². The van der Waals surface area contributed by atoms with Crippen LogP contribution in [0.15, 0.2) is 0 Å². The molecule has 0 rings (SSSR count). The van der Waals surface area contributed by atoms with Crippen molar-refractivity contribution in [2.24, 2.45) is 0 Å². The van der Waals surface area contributed by atoms with Crippen LogP contribution in [0.1, 0.15) is 65.2 Å². The summed E-state index contributed by atoms with van der Waals surface area (Å²) in [5.74, 6) is 0.106. The average molecular weight is 198 g/mol. The van der Waals surface area contributed by atoms with Crippen molar-refractivity contribution in [2.45, 2.75) is 65.2 Å². The van der Waals surface area contributed by atoms with Gasteiger partial charge in [0.2, 0.25) is 5.91 Å². The van der Waals surface area contributed by atoms with Crippen LogP contribution in [0.3, 0.4) is 0 Å². The van der Waals surface area contributed by atoms with Gasteiger partial charge in [0.15, 0.2) is 0 Å². The summed E-state index contributed by atoms with van der Waals surface area (Å²) >= 11 is 0. The number of nitrogens with zero attached hydrogens (tertiary/aromatic N) is 1. The summed E-state index contributed by atoms with van der Waals surface area (Å²) in [6.07, 6.45) is 8.77. The second kappa shape index (κ2) is 10.6. The van der Waals surface area contributed by atoms with Crippen molar-refractivity contribution in [3.8, 4) is 0 Å². The van der Waals surface area contributed by atoms with Crippen molar-refractivity contribution in [1.29, 1.82) is 0 Å². The minimum atomic E-state index is 0.106. The zero-order valence-corrected chi connectivity index (χ0v) is 9.72. The third-order valence-electron chi connectivity index (χ3n) is 2.29. The number of unbranched alkanes of at least 4 members (excludes halogenated alkanes) is 5. The molecule has 0 saturated heterocycles. The SMILES string of the molecule is CCCCCC[N]C(=O)CCCCC. The minimum absolute atomic E-state index is 0.106. The van der Waals surface area contributed by atoms with Crippen molar-refractivity contribution >= 4 is 5.91 Å². The lowest BCUT2D eigenvalue weighted by Gasteiger charge is -2.01. The molecule has 0 aromatic heterocycles. The largest absolute Gasteiger partial charge is 0.273 e. The third kappa shape index (κ3) is 9.56. The topological polar surface area (TPSA) is 31.2 Å². The molecule has 83 valence electrons. The Morgan fingerprint density at radius 2 is 1.57 bits per heavy atom. The minimum Gasteiger partial charge on any atom is -0.273 e. The van der Waals surface area contributed by atoms with E-state index in [0.717, 1.165) is 25.8 Å². The van der Waals surface area contributed by atoms with Gasteiger partial charge in [0.05, 0.1) is 0 Å². The van der Waals surface area contributed by atoms with Gasteiger partial charge in [-0.05, 0) is 12.8 Å². The summed E-state index contributed by atoms with van der Waals surface area (Å²) in [6.45, 7) is 5.07. The van der Waals surface area contributed by atoms with E-state index in [1.165, 1.54) is 25.7 Å². The molecular weight excluding hydrogens is 174 g/mol. The number of hydrogen-bond acceptors (Lipinski definition) is 1. The Morgan fingerprint density at radius 1 is 0.929 bits per heavy atom. The molecule has 0 bridgehead atoms. The first-order chi connectivity index (χ1) is 6.81. The van der Waals surface area contributed by atoms with Crippen molar-refractivity contribution in [2.75, 3.05) is 6.54 Å². The maximum absolute atomic E-state index is 11.2. The first-order valence-electron chi connectivity index (χ1n) is 6.01. The van der Waals surface area contributed by atoms with Crippen LogP contribution in [0, 0.1) is 0 Å². The molecule has 1 radical (unpaired) electrons. The summed E-state index contributed by atoms with van der Waals surface area (Å²) in [4.78, 5) is 11.2. The highest BCUT2D eigenvalue weighted by molar-refractivity contribution is 5.75.